The molecule has 37 heavy (non-hydrogen) atoms. The van der Waals surface area contributed by atoms with Crippen LogP contribution < -0.4 is 10.1 Å². The van der Waals surface area contributed by atoms with Gasteiger partial charge in [-0.2, -0.15) is 0 Å². The van der Waals surface area contributed by atoms with E-state index in [1.807, 2.05) is 42.6 Å². The fourth-order valence-corrected chi connectivity index (χ4v) is 4.35. The van der Waals surface area contributed by atoms with Crippen LogP contribution in [-0.4, -0.2) is 35.3 Å². The predicted molar refractivity (Wildman–Crippen MR) is 149 cm³/mol. The van der Waals surface area contributed by atoms with Gasteiger partial charge in [0.25, 0.3) is 0 Å². The molecule has 1 heterocycles. The minimum Gasteiger partial charge on any atom is -0.491 e. The number of aliphatic hydroxyl groups excluding tert-OH is 1. The summed E-state index contributed by atoms with van der Waals surface area (Å²) in [6, 6.07) is 26.6. The molecule has 3 aromatic carbocycles. The van der Waals surface area contributed by atoms with Crippen molar-refractivity contribution in [3.63, 3.8) is 0 Å². The van der Waals surface area contributed by atoms with Crippen LogP contribution >= 0.6 is 0 Å². The highest BCUT2D eigenvalue weighted by Crippen LogP contribution is 2.23. The van der Waals surface area contributed by atoms with Gasteiger partial charge in [0, 0.05) is 25.4 Å². The molecule has 1 aromatic heterocycles. The maximum absolute atomic E-state index is 12.3. The van der Waals surface area contributed by atoms with E-state index in [1.54, 1.807) is 6.20 Å². The summed E-state index contributed by atoms with van der Waals surface area (Å²) in [5.41, 5.74) is 3.60. The lowest BCUT2D eigenvalue weighted by Crippen LogP contribution is -2.24. The first-order valence-electron chi connectivity index (χ1n) is 13.2. The van der Waals surface area contributed by atoms with Crippen LogP contribution in [0.1, 0.15) is 42.4 Å². The van der Waals surface area contributed by atoms with E-state index < -0.39 is 6.10 Å². The third-order valence-corrected chi connectivity index (χ3v) is 6.51. The van der Waals surface area contributed by atoms with Crippen LogP contribution in [0.2, 0.25) is 0 Å². The molecule has 0 aliphatic rings. The van der Waals surface area contributed by atoms with Gasteiger partial charge in [0.05, 0.1) is 6.10 Å². The Morgan fingerprint density at radius 2 is 1.65 bits per heavy atom. The number of aryl methyl sites for hydroxylation is 3. The van der Waals surface area contributed by atoms with E-state index in [0.717, 1.165) is 59.9 Å². The summed E-state index contributed by atoms with van der Waals surface area (Å²) in [6.45, 7) is 0.982. The summed E-state index contributed by atoms with van der Waals surface area (Å²) in [7, 11) is 0. The van der Waals surface area contributed by atoms with Crippen LogP contribution in [0, 0.1) is 0 Å². The fraction of sp³-hybridized carbons (Fsp3) is 0.312. The van der Waals surface area contributed by atoms with Crippen LogP contribution in [0.3, 0.4) is 0 Å². The zero-order chi connectivity index (χ0) is 25.7. The zero-order valence-electron chi connectivity index (χ0n) is 21.3. The van der Waals surface area contributed by atoms with Gasteiger partial charge in [0.15, 0.2) is 0 Å². The van der Waals surface area contributed by atoms with Crippen molar-refractivity contribution in [2.24, 2.45) is 0 Å². The van der Waals surface area contributed by atoms with Crippen molar-refractivity contribution >= 4 is 16.7 Å². The van der Waals surface area contributed by atoms with Crippen LogP contribution in [0.25, 0.3) is 10.8 Å². The Morgan fingerprint density at radius 3 is 2.49 bits per heavy atom. The number of benzene rings is 3. The molecule has 4 rings (SSSR count). The highest BCUT2D eigenvalue weighted by atomic mass is 16.5. The van der Waals surface area contributed by atoms with E-state index in [-0.39, 0.29) is 12.5 Å². The molecule has 0 saturated carbocycles. The smallest absolute Gasteiger partial charge is 0.220 e. The number of aliphatic hydroxyl groups is 1. The van der Waals surface area contributed by atoms with Crippen LogP contribution in [-0.2, 0) is 24.1 Å². The van der Waals surface area contributed by atoms with Crippen molar-refractivity contribution in [2.45, 2.75) is 51.0 Å². The van der Waals surface area contributed by atoms with Crippen LogP contribution in [0.5, 0.6) is 5.75 Å². The summed E-state index contributed by atoms with van der Waals surface area (Å²) in [5.74, 6) is 0.845. The molecule has 1 amide bonds. The second-order valence-corrected chi connectivity index (χ2v) is 9.50. The largest absolute Gasteiger partial charge is 0.491 e. The van der Waals surface area contributed by atoms with Gasteiger partial charge in [0.2, 0.25) is 5.91 Å². The number of hydrogen-bond donors (Lipinski definition) is 2. The molecule has 0 bridgehead atoms. The Bertz CT molecular complexity index is 1240. The highest BCUT2D eigenvalue weighted by Gasteiger charge is 2.08. The Morgan fingerprint density at radius 1 is 0.838 bits per heavy atom. The maximum Gasteiger partial charge on any atom is 0.220 e. The highest BCUT2D eigenvalue weighted by molar-refractivity contribution is 5.84. The molecule has 0 radical (unpaired) electrons. The summed E-state index contributed by atoms with van der Waals surface area (Å²) in [6.07, 6.45) is 8.75. The average molecular weight is 497 g/mol. The Balaban J connectivity index is 1.15. The Labute approximate surface area is 219 Å². The first-order chi connectivity index (χ1) is 18.2. The number of unbranched alkanes of at least 4 members (excludes halogenated alkanes) is 1. The molecule has 5 nitrogen and oxygen atoms in total. The Kier molecular flexibility index (Phi) is 10.1. The quantitative estimate of drug-likeness (QED) is 0.220. The Hall–Kier alpha value is -3.70. The number of amides is 1. The van der Waals surface area contributed by atoms with Crippen molar-refractivity contribution in [3.8, 4) is 5.75 Å². The molecule has 4 aromatic rings. The fourth-order valence-electron chi connectivity index (χ4n) is 4.35. The number of hydrogen-bond acceptors (Lipinski definition) is 4. The third-order valence-electron chi connectivity index (χ3n) is 6.51. The molecule has 0 saturated heterocycles. The van der Waals surface area contributed by atoms with Gasteiger partial charge in [-0.15, -0.1) is 0 Å². The number of aromatic nitrogens is 1. The van der Waals surface area contributed by atoms with Crippen LogP contribution in [0.15, 0.2) is 91.3 Å². The lowest BCUT2D eigenvalue weighted by atomic mass is 10.0. The lowest BCUT2D eigenvalue weighted by molar-refractivity contribution is -0.121. The monoisotopic (exact) mass is 496 g/mol. The molecular formula is C32H36N2O3. The zero-order valence-corrected chi connectivity index (χ0v) is 21.3. The van der Waals surface area contributed by atoms with E-state index in [2.05, 4.69) is 52.8 Å². The lowest BCUT2D eigenvalue weighted by Gasteiger charge is -2.13. The number of carbonyl (C=O) groups is 1. The van der Waals surface area contributed by atoms with Gasteiger partial charge < -0.3 is 15.2 Å². The number of rotatable bonds is 14. The van der Waals surface area contributed by atoms with Crippen molar-refractivity contribution < 1.29 is 14.6 Å². The summed E-state index contributed by atoms with van der Waals surface area (Å²) in [5, 5.41) is 15.5. The summed E-state index contributed by atoms with van der Waals surface area (Å²) in [4.78, 5) is 16.4. The van der Waals surface area contributed by atoms with E-state index in [1.165, 1.54) is 5.56 Å². The molecule has 2 N–H and O–H groups in total. The molecule has 0 aliphatic heterocycles. The molecule has 1 atom stereocenters. The number of carbonyl (C=O) groups excluding carboxylic acids is 1. The molecule has 0 unspecified atom stereocenters. The summed E-state index contributed by atoms with van der Waals surface area (Å²) < 4.78 is 5.83. The first-order valence-corrected chi connectivity index (χ1v) is 13.2. The van der Waals surface area contributed by atoms with E-state index in [0.29, 0.717) is 19.3 Å². The van der Waals surface area contributed by atoms with Gasteiger partial charge in [-0.3, -0.25) is 9.78 Å². The van der Waals surface area contributed by atoms with Gasteiger partial charge >= 0.3 is 0 Å². The van der Waals surface area contributed by atoms with E-state index in [9.17, 15) is 9.90 Å². The first kappa shape index (κ1) is 26.4. The van der Waals surface area contributed by atoms with E-state index >= 15 is 0 Å². The molecule has 192 valence electrons. The van der Waals surface area contributed by atoms with Crippen molar-refractivity contribution in [3.05, 3.63) is 108 Å². The van der Waals surface area contributed by atoms with Crippen molar-refractivity contribution in [1.82, 2.24) is 10.3 Å². The number of ether oxygens (including phenoxy) is 1. The molecule has 0 aliphatic carbocycles. The second kappa shape index (κ2) is 14.1. The molecular weight excluding hydrogens is 460 g/mol. The molecule has 0 spiro atoms. The van der Waals surface area contributed by atoms with Crippen molar-refractivity contribution in [1.29, 1.82) is 0 Å². The van der Waals surface area contributed by atoms with E-state index in [4.69, 9.17) is 4.74 Å². The minimum absolute atomic E-state index is 0.102. The minimum atomic E-state index is -0.534. The number of nitrogens with one attached hydrogen (secondary N) is 1. The van der Waals surface area contributed by atoms with Gasteiger partial charge in [-0.1, -0.05) is 60.7 Å². The van der Waals surface area contributed by atoms with Crippen LogP contribution in [0.4, 0.5) is 0 Å². The van der Waals surface area contributed by atoms with Gasteiger partial charge in [-0.25, -0.2) is 0 Å². The normalized spacial score (nSPS) is 11.8. The van der Waals surface area contributed by atoms with Gasteiger partial charge in [-0.05, 0) is 84.2 Å². The summed E-state index contributed by atoms with van der Waals surface area (Å²) >= 11 is 0. The van der Waals surface area contributed by atoms with Crippen molar-refractivity contribution in [2.75, 3.05) is 13.2 Å². The second-order valence-electron chi connectivity index (χ2n) is 9.50. The average Bonchev–Trinajstić information content (AvgIpc) is 2.94. The number of nitrogens with zero attached hydrogens (tertiary/aromatic N) is 1. The SMILES string of the molecule is O=C(CCc1ccc2cc(OC[C@H](O)CCc3cccnc3)ccc2c1)NCCCCc1ccccc1. The number of fused-ring (bicyclic) bond motifs is 1. The van der Waals surface area contributed by atoms with Gasteiger partial charge in [0.1, 0.15) is 12.4 Å². The maximum atomic E-state index is 12.3. The topological polar surface area (TPSA) is 71.5 Å². The standard InChI is InChI=1S/C32H36N2O3/c35-30(16-12-27-10-6-19-33-23-27)24-37-31-17-15-28-21-26(11-14-29(28)22-31)13-18-32(36)34-20-5-4-9-25-7-2-1-3-8-25/h1-3,6-8,10-11,14-15,17,19,21-23,30,35H,4-5,9,12-13,16,18,20,24H2,(H,34,36)/t30-/m1/s1. The predicted octanol–water partition coefficient (Wildman–Crippen LogP) is 5.68. The molecule has 0 fully saturated rings. The third kappa shape index (κ3) is 9.03. The number of pyridine rings is 1. The molecule has 5 heteroatoms.